The van der Waals surface area contributed by atoms with Crippen molar-refractivity contribution in [3.63, 3.8) is 0 Å². The fraction of sp³-hybridized carbons (Fsp3) is 0.700. The highest BCUT2D eigenvalue weighted by atomic mass is 79.9. The highest BCUT2D eigenvalue weighted by Crippen LogP contribution is 2.69. The second-order valence-corrected chi connectivity index (χ2v) is 9.87. The van der Waals surface area contributed by atoms with Gasteiger partial charge in [-0.2, -0.15) is 0 Å². The number of piperidine rings is 4. The van der Waals surface area contributed by atoms with Crippen molar-refractivity contribution in [1.82, 2.24) is 4.90 Å². The summed E-state index contributed by atoms with van der Waals surface area (Å²) in [5.41, 5.74) is 2.42. The summed E-state index contributed by atoms with van der Waals surface area (Å²) >= 11 is 3.65. The van der Waals surface area contributed by atoms with E-state index in [9.17, 15) is 10.2 Å². The van der Waals surface area contributed by atoms with Crippen LogP contribution in [-0.4, -0.2) is 52.6 Å². The normalized spacial score (nSPS) is 54.1. The standard InChI is InChI=1S/C20H25BrN2O2/c1-3-10-11-7-14-17-20(12-6-9(21)4-5-13(12)22(17)2)8-15(16(11)18(20)24)23(14)19(10)25/h4-6,10-11,14-19,24-25H,3,7-8H2,1-2H3/t10-,11?,14?,15?,16?,17?,18+,19+,20?/m0/s1. The van der Waals surface area contributed by atoms with E-state index in [0.29, 0.717) is 29.8 Å². The molecule has 134 valence electrons. The highest BCUT2D eigenvalue weighted by molar-refractivity contribution is 9.10. The first-order valence-electron chi connectivity index (χ1n) is 9.67. The summed E-state index contributed by atoms with van der Waals surface area (Å²) in [4.78, 5) is 4.82. The Labute approximate surface area is 156 Å². The van der Waals surface area contributed by atoms with Crippen LogP contribution in [0.1, 0.15) is 31.7 Å². The summed E-state index contributed by atoms with van der Waals surface area (Å²) in [6.07, 6.45) is 2.47. The van der Waals surface area contributed by atoms with Crippen LogP contribution in [0.5, 0.6) is 0 Å². The summed E-state index contributed by atoms with van der Waals surface area (Å²) in [5.74, 6) is 1.09. The number of aliphatic hydroxyl groups is 2. The lowest BCUT2D eigenvalue weighted by Crippen LogP contribution is -2.72. The van der Waals surface area contributed by atoms with Crippen LogP contribution in [0, 0.1) is 17.8 Å². The molecule has 1 aliphatic carbocycles. The zero-order valence-corrected chi connectivity index (χ0v) is 16.2. The van der Waals surface area contributed by atoms with Crippen molar-refractivity contribution in [2.45, 2.75) is 62.1 Å². The molecule has 1 aromatic carbocycles. The van der Waals surface area contributed by atoms with Crippen LogP contribution in [0.4, 0.5) is 5.69 Å². The molecule has 0 aromatic heterocycles. The highest BCUT2D eigenvalue weighted by Gasteiger charge is 2.76. The molecule has 5 bridgehead atoms. The molecule has 5 heterocycles. The van der Waals surface area contributed by atoms with Crippen LogP contribution in [-0.2, 0) is 5.41 Å². The number of fused-ring (bicyclic) bond motifs is 2. The van der Waals surface area contributed by atoms with Crippen molar-refractivity contribution in [2.75, 3.05) is 11.9 Å². The van der Waals surface area contributed by atoms with Gasteiger partial charge in [-0.25, -0.2) is 0 Å². The number of hydrogen-bond acceptors (Lipinski definition) is 4. The van der Waals surface area contributed by atoms with Gasteiger partial charge in [0.05, 0.1) is 12.1 Å². The molecule has 1 spiro atoms. The van der Waals surface area contributed by atoms with E-state index in [1.807, 2.05) is 0 Å². The smallest absolute Gasteiger partial charge is 0.111 e. The molecule has 6 aliphatic rings. The van der Waals surface area contributed by atoms with Crippen molar-refractivity contribution in [1.29, 1.82) is 0 Å². The van der Waals surface area contributed by atoms with E-state index in [-0.39, 0.29) is 23.8 Å². The summed E-state index contributed by atoms with van der Waals surface area (Å²) in [6.45, 7) is 2.19. The number of nitrogens with zero attached hydrogens (tertiary/aromatic N) is 2. The molecule has 4 nitrogen and oxygen atoms in total. The van der Waals surface area contributed by atoms with Gasteiger partial charge >= 0.3 is 0 Å². The number of hydrogen-bond donors (Lipinski definition) is 2. The van der Waals surface area contributed by atoms with E-state index in [1.165, 1.54) is 11.3 Å². The Morgan fingerprint density at radius 3 is 2.84 bits per heavy atom. The van der Waals surface area contributed by atoms with Crippen LogP contribution >= 0.6 is 15.9 Å². The van der Waals surface area contributed by atoms with E-state index < -0.39 is 0 Å². The SMILES string of the molecule is CC[C@H]1C2CC3C4N(C)c5ccc(Br)cc5C45CC(C2[C@H]5O)N3[C@@H]1O. The first-order chi connectivity index (χ1) is 12.0. The second kappa shape index (κ2) is 4.61. The minimum atomic E-state index is -0.331. The van der Waals surface area contributed by atoms with Crippen molar-refractivity contribution >= 4 is 21.6 Å². The first-order valence-corrected chi connectivity index (χ1v) is 10.5. The average Bonchev–Trinajstić information content (AvgIpc) is 2.96. The van der Waals surface area contributed by atoms with Crippen LogP contribution in [0.2, 0.25) is 0 Å². The molecular weight excluding hydrogens is 380 g/mol. The van der Waals surface area contributed by atoms with Gasteiger partial charge in [0.25, 0.3) is 0 Å². The van der Waals surface area contributed by atoms with Gasteiger partial charge in [-0.15, -0.1) is 0 Å². The Hall–Kier alpha value is -0.620. The molecule has 0 amide bonds. The van der Waals surface area contributed by atoms with Gasteiger partial charge in [0, 0.05) is 46.5 Å². The molecule has 1 aromatic rings. The molecular formula is C20H25BrN2O2. The Morgan fingerprint density at radius 1 is 1.28 bits per heavy atom. The van der Waals surface area contributed by atoms with Gasteiger partial charge in [0.1, 0.15) is 6.23 Å². The molecule has 5 heteroatoms. The van der Waals surface area contributed by atoms with Gasteiger partial charge in [-0.1, -0.05) is 22.9 Å². The minimum absolute atomic E-state index is 0.165. The zero-order valence-electron chi connectivity index (χ0n) is 14.6. The number of rotatable bonds is 1. The van der Waals surface area contributed by atoms with Gasteiger partial charge in [0.2, 0.25) is 0 Å². The second-order valence-electron chi connectivity index (χ2n) is 8.95. The number of halogens is 1. The fourth-order valence-corrected chi connectivity index (χ4v) is 8.26. The Kier molecular flexibility index (Phi) is 2.85. The topological polar surface area (TPSA) is 46.9 Å². The lowest BCUT2D eigenvalue weighted by molar-refractivity contribution is -0.211. The van der Waals surface area contributed by atoms with E-state index in [0.717, 1.165) is 23.7 Å². The van der Waals surface area contributed by atoms with Crippen molar-refractivity contribution in [2.24, 2.45) is 17.8 Å². The molecule has 2 N–H and O–H groups in total. The fourth-order valence-electron chi connectivity index (χ4n) is 7.89. The molecule has 7 unspecified atom stereocenters. The van der Waals surface area contributed by atoms with Crippen molar-refractivity contribution in [3.8, 4) is 0 Å². The van der Waals surface area contributed by atoms with Crippen LogP contribution < -0.4 is 4.90 Å². The van der Waals surface area contributed by atoms with E-state index in [4.69, 9.17) is 0 Å². The maximum absolute atomic E-state index is 11.7. The lowest BCUT2D eigenvalue weighted by Gasteiger charge is -2.62. The quantitative estimate of drug-likeness (QED) is 0.753. The summed E-state index contributed by atoms with van der Waals surface area (Å²) in [7, 11) is 2.18. The van der Waals surface area contributed by atoms with Crippen molar-refractivity contribution < 1.29 is 10.2 Å². The number of aliphatic hydroxyl groups excluding tert-OH is 2. The monoisotopic (exact) mass is 404 g/mol. The zero-order chi connectivity index (χ0) is 17.2. The molecule has 0 radical (unpaired) electrons. The maximum atomic E-state index is 11.7. The van der Waals surface area contributed by atoms with Crippen LogP contribution in [0.15, 0.2) is 22.7 Å². The molecule has 4 saturated heterocycles. The molecule has 1 saturated carbocycles. The molecule has 5 aliphatic heterocycles. The van der Waals surface area contributed by atoms with Crippen LogP contribution in [0.25, 0.3) is 0 Å². The Bertz CT molecular complexity index is 772. The molecule has 10 atom stereocenters. The minimum Gasteiger partial charge on any atom is -0.392 e. The largest absolute Gasteiger partial charge is 0.392 e. The number of benzene rings is 1. The van der Waals surface area contributed by atoms with E-state index in [1.54, 1.807) is 0 Å². The summed E-state index contributed by atoms with van der Waals surface area (Å²) < 4.78 is 1.10. The van der Waals surface area contributed by atoms with Gasteiger partial charge < -0.3 is 15.1 Å². The van der Waals surface area contributed by atoms with Gasteiger partial charge in [-0.3, -0.25) is 4.90 Å². The molecule has 5 fully saturated rings. The predicted molar refractivity (Wildman–Crippen MR) is 99.4 cm³/mol. The predicted octanol–water partition coefficient (Wildman–Crippen LogP) is 2.32. The lowest BCUT2D eigenvalue weighted by atomic mass is 9.62. The van der Waals surface area contributed by atoms with Crippen LogP contribution in [0.3, 0.4) is 0 Å². The molecule has 7 rings (SSSR count). The third-order valence-corrected chi connectivity index (χ3v) is 9.01. The third-order valence-electron chi connectivity index (χ3n) is 8.52. The average molecular weight is 405 g/mol. The maximum Gasteiger partial charge on any atom is 0.111 e. The van der Waals surface area contributed by atoms with Gasteiger partial charge in [-0.05, 0) is 48.9 Å². The first kappa shape index (κ1) is 15.4. The van der Waals surface area contributed by atoms with E-state index in [2.05, 4.69) is 57.9 Å². The third kappa shape index (κ3) is 1.47. The number of likely N-dealkylation sites (N-methyl/N-ethyl adjacent to an activating group) is 1. The summed E-state index contributed by atoms with van der Waals surface area (Å²) in [6, 6.07) is 7.50. The van der Waals surface area contributed by atoms with E-state index >= 15 is 0 Å². The Balaban J connectivity index is 1.59. The number of anilines is 1. The summed E-state index contributed by atoms with van der Waals surface area (Å²) in [5, 5.41) is 22.7. The van der Waals surface area contributed by atoms with Crippen molar-refractivity contribution in [3.05, 3.63) is 28.2 Å². The van der Waals surface area contributed by atoms with Gasteiger partial charge in [0.15, 0.2) is 0 Å². The molecule has 25 heavy (non-hydrogen) atoms. The Morgan fingerprint density at radius 2 is 2.08 bits per heavy atom.